The molecule has 11 heavy (non-hydrogen) atoms. The highest BCUT2D eigenvalue weighted by atomic mass is 19.1. The van der Waals surface area contributed by atoms with Gasteiger partial charge in [-0.15, -0.1) is 0 Å². The maximum Gasteiger partial charge on any atom is 0.140 e. The van der Waals surface area contributed by atoms with Crippen molar-refractivity contribution in [3.8, 4) is 0 Å². The average molecular weight is 161 g/mol. The van der Waals surface area contributed by atoms with E-state index in [1.807, 2.05) is 4.90 Å². The Labute approximate surface area is 67.0 Å². The molecule has 0 bridgehead atoms. The Morgan fingerprint density at radius 2 is 2.18 bits per heavy atom. The van der Waals surface area contributed by atoms with Gasteiger partial charge in [0.05, 0.1) is 6.10 Å². The van der Waals surface area contributed by atoms with Crippen molar-refractivity contribution < 1.29 is 9.50 Å². The Kier molecular flexibility index (Phi) is 2.84. The van der Waals surface area contributed by atoms with Crippen LogP contribution < -0.4 is 0 Å². The maximum absolute atomic E-state index is 12.7. The van der Waals surface area contributed by atoms with Crippen LogP contribution in [-0.2, 0) is 0 Å². The second-order valence-electron chi connectivity index (χ2n) is 3.70. The number of rotatable bonds is 2. The van der Waals surface area contributed by atoms with Gasteiger partial charge in [-0.05, 0) is 5.92 Å². The summed E-state index contributed by atoms with van der Waals surface area (Å²) in [5.41, 5.74) is 0. The number of aliphatic hydroxyl groups excluding tert-OH is 1. The molecule has 0 aromatic heterocycles. The summed E-state index contributed by atoms with van der Waals surface area (Å²) in [7, 11) is 0. The quantitative estimate of drug-likeness (QED) is 0.643. The minimum Gasteiger partial charge on any atom is -0.389 e. The predicted octanol–water partition coefficient (Wildman–Crippen LogP) is 0.657. The Hall–Kier alpha value is -0.150. The molecule has 2 atom stereocenters. The van der Waals surface area contributed by atoms with Crippen molar-refractivity contribution in [2.45, 2.75) is 26.1 Å². The highest BCUT2D eigenvalue weighted by Crippen LogP contribution is 2.14. The van der Waals surface area contributed by atoms with Gasteiger partial charge in [0.15, 0.2) is 0 Å². The molecule has 1 N–H and O–H groups in total. The van der Waals surface area contributed by atoms with Crippen LogP contribution in [0.3, 0.4) is 0 Å². The molecular formula is C8H16FNO. The molecule has 66 valence electrons. The van der Waals surface area contributed by atoms with Gasteiger partial charge < -0.3 is 5.11 Å². The average Bonchev–Trinajstić information content (AvgIpc) is 2.10. The summed E-state index contributed by atoms with van der Waals surface area (Å²) in [6.07, 6.45) is -1.79. The Morgan fingerprint density at radius 3 is 2.55 bits per heavy atom. The van der Waals surface area contributed by atoms with Crippen molar-refractivity contribution in [3.05, 3.63) is 0 Å². The van der Waals surface area contributed by atoms with Crippen LogP contribution in [-0.4, -0.2) is 41.9 Å². The van der Waals surface area contributed by atoms with E-state index in [9.17, 15) is 4.39 Å². The minimum atomic E-state index is -1.03. The van der Waals surface area contributed by atoms with E-state index in [0.717, 1.165) is 6.54 Å². The highest BCUT2D eigenvalue weighted by molar-refractivity contribution is 4.83. The Balaban J connectivity index is 2.29. The predicted molar refractivity (Wildman–Crippen MR) is 42.2 cm³/mol. The zero-order chi connectivity index (χ0) is 8.43. The number of β-amino-alcohol motifs (C(OH)–C–C–N with tert-alkyl or cyclic N) is 1. The lowest BCUT2D eigenvalue weighted by Crippen LogP contribution is -2.26. The zero-order valence-corrected chi connectivity index (χ0v) is 7.13. The summed E-state index contributed by atoms with van der Waals surface area (Å²) in [6, 6.07) is 0. The van der Waals surface area contributed by atoms with E-state index in [-0.39, 0.29) is 0 Å². The fourth-order valence-electron chi connectivity index (χ4n) is 1.49. The second kappa shape index (κ2) is 3.50. The lowest BCUT2D eigenvalue weighted by Gasteiger charge is -2.16. The lowest BCUT2D eigenvalue weighted by atomic mass is 10.2. The standard InChI is InChI=1S/C8H16FNO/c1-6(2)3-10-4-7(9)8(11)5-10/h6-8,11H,3-5H2,1-2H3/t7-,8+/m0/s1. The third-order valence-electron chi connectivity index (χ3n) is 1.92. The SMILES string of the molecule is CC(C)CN1C[C@@H](O)[C@@H](F)C1. The molecule has 0 aliphatic carbocycles. The van der Waals surface area contributed by atoms with Crippen LogP contribution in [0, 0.1) is 5.92 Å². The van der Waals surface area contributed by atoms with E-state index >= 15 is 0 Å². The Morgan fingerprint density at radius 1 is 1.55 bits per heavy atom. The van der Waals surface area contributed by atoms with Gasteiger partial charge in [0.2, 0.25) is 0 Å². The molecule has 0 unspecified atom stereocenters. The van der Waals surface area contributed by atoms with Crippen molar-refractivity contribution in [2.75, 3.05) is 19.6 Å². The van der Waals surface area contributed by atoms with E-state index in [0.29, 0.717) is 19.0 Å². The van der Waals surface area contributed by atoms with Gasteiger partial charge in [0.1, 0.15) is 6.17 Å². The van der Waals surface area contributed by atoms with Gasteiger partial charge in [-0.1, -0.05) is 13.8 Å². The summed E-state index contributed by atoms with van der Waals surface area (Å²) in [5.74, 6) is 0.549. The van der Waals surface area contributed by atoms with Gasteiger partial charge in [0, 0.05) is 19.6 Å². The van der Waals surface area contributed by atoms with Crippen molar-refractivity contribution in [1.29, 1.82) is 0 Å². The first-order chi connectivity index (χ1) is 5.09. The molecule has 0 radical (unpaired) electrons. The van der Waals surface area contributed by atoms with Gasteiger partial charge >= 0.3 is 0 Å². The first-order valence-electron chi connectivity index (χ1n) is 4.14. The molecular weight excluding hydrogens is 145 g/mol. The zero-order valence-electron chi connectivity index (χ0n) is 7.13. The van der Waals surface area contributed by atoms with E-state index < -0.39 is 12.3 Å². The molecule has 0 aromatic carbocycles. The van der Waals surface area contributed by atoms with Crippen LogP contribution in [0.15, 0.2) is 0 Å². The molecule has 3 heteroatoms. The van der Waals surface area contributed by atoms with Gasteiger partial charge in [-0.2, -0.15) is 0 Å². The molecule has 1 rings (SSSR count). The molecule has 1 saturated heterocycles. The third kappa shape index (κ3) is 2.42. The number of nitrogens with zero attached hydrogens (tertiary/aromatic N) is 1. The highest BCUT2D eigenvalue weighted by Gasteiger charge is 2.30. The van der Waals surface area contributed by atoms with Crippen molar-refractivity contribution >= 4 is 0 Å². The van der Waals surface area contributed by atoms with Gasteiger partial charge in [-0.25, -0.2) is 4.39 Å². The van der Waals surface area contributed by atoms with E-state index in [1.165, 1.54) is 0 Å². The summed E-state index contributed by atoms with van der Waals surface area (Å²) >= 11 is 0. The number of halogens is 1. The third-order valence-corrected chi connectivity index (χ3v) is 1.92. The first kappa shape index (κ1) is 8.94. The number of hydrogen-bond donors (Lipinski definition) is 1. The fourth-order valence-corrected chi connectivity index (χ4v) is 1.49. The molecule has 0 spiro atoms. The van der Waals surface area contributed by atoms with Gasteiger partial charge in [0.25, 0.3) is 0 Å². The topological polar surface area (TPSA) is 23.5 Å². The molecule has 2 nitrogen and oxygen atoms in total. The maximum atomic E-state index is 12.7. The van der Waals surface area contributed by atoms with E-state index in [2.05, 4.69) is 13.8 Å². The summed E-state index contributed by atoms with van der Waals surface area (Å²) in [4.78, 5) is 1.97. The van der Waals surface area contributed by atoms with Crippen LogP contribution in [0.5, 0.6) is 0 Å². The van der Waals surface area contributed by atoms with E-state index in [4.69, 9.17) is 5.11 Å². The monoisotopic (exact) mass is 161 g/mol. The molecule has 1 heterocycles. The van der Waals surface area contributed by atoms with Crippen molar-refractivity contribution in [2.24, 2.45) is 5.92 Å². The largest absolute Gasteiger partial charge is 0.389 e. The van der Waals surface area contributed by atoms with Crippen molar-refractivity contribution in [1.82, 2.24) is 4.90 Å². The summed E-state index contributed by atoms with van der Waals surface area (Å²) in [5, 5.41) is 9.06. The van der Waals surface area contributed by atoms with E-state index in [1.54, 1.807) is 0 Å². The molecule has 0 amide bonds. The molecule has 0 aromatic rings. The molecule has 1 aliphatic rings. The molecule has 0 saturated carbocycles. The number of alkyl halides is 1. The van der Waals surface area contributed by atoms with Crippen LogP contribution in [0.2, 0.25) is 0 Å². The smallest absolute Gasteiger partial charge is 0.140 e. The first-order valence-corrected chi connectivity index (χ1v) is 4.14. The molecule has 1 fully saturated rings. The number of aliphatic hydroxyl groups is 1. The van der Waals surface area contributed by atoms with Crippen LogP contribution in [0.1, 0.15) is 13.8 Å². The summed E-state index contributed by atoms with van der Waals surface area (Å²) < 4.78 is 12.7. The van der Waals surface area contributed by atoms with Crippen molar-refractivity contribution in [3.63, 3.8) is 0 Å². The lowest BCUT2D eigenvalue weighted by molar-refractivity contribution is 0.115. The van der Waals surface area contributed by atoms with Crippen LogP contribution in [0.4, 0.5) is 4.39 Å². The number of likely N-dealkylation sites (tertiary alicyclic amines) is 1. The van der Waals surface area contributed by atoms with Crippen LogP contribution >= 0.6 is 0 Å². The summed E-state index contributed by atoms with van der Waals surface area (Å²) in [6.45, 7) is 5.98. The fraction of sp³-hybridized carbons (Fsp3) is 1.00. The number of hydrogen-bond acceptors (Lipinski definition) is 2. The van der Waals surface area contributed by atoms with Gasteiger partial charge in [-0.3, -0.25) is 4.90 Å². The Bertz CT molecular complexity index is 117. The van der Waals surface area contributed by atoms with Crippen LogP contribution in [0.25, 0.3) is 0 Å². The normalized spacial score (nSPS) is 33.5. The molecule has 1 aliphatic heterocycles. The second-order valence-corrected chi connectivity index (χ2v) is 3.70. The minimum absolute atomic E-state index is 0.402.